The van der Waals surface area contributed by atoms with Gasteiger partial charge in [0, 0.05) is 6.54 Å². The Hall–Kier alpha value is -3.39. The van der Waals surface area contributed by atoms with E-state index in [0.29, 0.717) is 18.2 Å². The first-order valence-corrected chi connectivity index (χ1v) is 9.35. The molecule has 150 valence electrons. The summed E-state index contributed by atoms with van der Waals surface area (Å²) < 4.78 is 12.8. The van der Waals surface area contributed by atoms with Gasteiger partial charge in [0.05, 0.1) is 24.2 Å². The van der Waals surface area contributed by atoms with E-state index in [1.54, 1.807) is 4.57 Å². The largest absolute Gasteiger partial charge is 0.486 e. The number of carboxylic acid groups (broad SMARTS) is 1. The minimum atomic E-state index is -1.07. The highest BCUT2D eigenvalue weighted by Crippen LogP contribution is 2.19. The lowest BCUT2D eigenvalue weighted by Gasteiger charge is -2.33. The molecule has 1 amide bonds. The summed E-state index contributed by atoms with van der Waals surface area (Å²) in [6, 6.07) is 15.9. The van der Waals surface area contributed by atoms with Gasteiger partial charge in [0.25, 0.3) is 0 Å². The van der Waals surface area contributed by atoms with Crippen molar-refractivity contribution in [1.82, 2.24) is 14.5 Å². The van der Waals surface area contributed by atoms with Crippen molar-refractivity contribution in [2.75, 3.05) is 19.8 Å². The maximum Gasteiger partial charge on any atom is 0.328 e. The van der Waals surface area contributed by atoms with Crippen LogP contribution in [0.3, 0.4) is 0 Å². The highest BCUT2D eigenvalue weighted by atomic mass is 16.5. The Morgan fingerprint density at radius 2 is 1.90 bits per heavy atom. The number of aliphatic carboxylic acids is 1. The monoisotopic (exact) mass is 395 g/mol. The first kappa shape index (κ1) is 18.9. The second-order valence-corrected chi connectivity index (χ2v) is 6.72. The number of hydrogen-bond donors (Lipinski definition) is 1. The Bertz CT molecular complexity index is 1020. The van der Waals surface area contributed by atoms with Crippen molar-refractivity contribution in [2.45, 2.75) is 19.2 Å². The van der Waals surface area contributed by atoms with Crippen molar-refractivity contribution in [3.63, 3.8) is 0 Å². The molecule has 4 rings (SSSR count). The Morgan fingerprint density at radius 3 is 2.69 bits per heavy atom. The van der Waals surface area contributed by atoms with Gasteiger partial charge in [-0.25, -0.2) is 9.78 Å². The van der Waals surface area contributed by atoms with Crippen LogP contribution in [-0.4, -0.2) is 57.2 Å². The minimum absolute atomic E-state index is 0.00424. The van der Waals surface area contributed by atoms with Crippen molar-refractivity contribution < 1.29 is 24.2 Å². The number of hydrogen-bond acceptors (Lipinski definition) is 5. The number of carbonyl (C=O) groups is 2. The molecule has 0 aliphatic carbocycles. The molecule has 1 N–H and O–H groups in total. The first-order chi connectivity index (χ1) is 14.1. The summed E-state index contributed by atoms with van der Waals surface area (Å²) in [5.74, 6) is -0.0499. The summed E-state index contributed by atoms with van der Waals surface area (Å²) in [6.45, 7) is 0.743. The first-order valence-electron chi connectivity index (χ1n) is 9.35. The Labute approximate surface area is 167 Å². The summed E-state index contributed by atoms with van der Waals surface area (Å²) in [7, 11) is 0. The van der Waals surface area contributed by atoms with Gasteiger partial charge in [0.1, 0.15) is 24.7 Å². The molecule has 1 atom stereocenters. The van der Waals surface area contributed by atoms with Crippen molar-refractivity contribution in [3.8, 4) is 5.75 Å². The van der Waals surface area contributed by atoms with Crippen LogP contribution in [0, 0.1) is 0 Å². The van der Waals surface area contributed by atoms with Gasteiger partial charge in [-0.3, -0.25) is 4.79 Å². The molecule has 1 fully saturated rings. The standard InChI is InChI=1S/C21H21N3O5/c25-20(23-10-11-28-13-18(23)21(26)27)12-24-17-9-5-4-8-16(17)22-19(24)14-29-15-6-2-1-3-7-15/h1-9,18H,10-14H2,(H,26,27). The number of nitrogens with zero attached hydrogens (tertiary/aromatic N) is 3. The van der Waals surface area contributed by atoms with Crippen molar-refractivity contribution >= 4 is 22.9 Å². The number of carbonyl (C=O) groups excluding carboxylic acids is 1. The molecular formula is C21H21N3O5. The number of amides is 1. The summed E-state index contributed by atoms with van der Waals surface area (Å²) in [5, 5.41) is 9.41. The molecule has 3 aromatic rings. The predicted molar refractivity (Wildman–Crippen MR) is 104 cm³/mol. The molecule has 0 radical (unpaired) electrons. The van der Waals surface area contributed by atoms with Crippen LogP contribution in [0.2, 0.25) is 0 Å². The van der Waals surface area contributed by atoms with E-state index in [1.807, 2.05) is 54.6 Å². The molecule has 8 heteroatoms. The zero-order valence-corrected chi connectivity index (χ0v) is 15.7. The number of morpholine rings is 1. The molecule has 1 aliphatic heterocycles. The summed E-state index contributed by atoms with van der Waals surface area (Å²) in [4.78, 5) is 30.4. The van der Waals surface area contributed by atoms with E-state index in [9.17, 15) is 14.7 Å². The molecule has 1 unspecified atom stereocenters. The van der Waals surface area contributed by atoms with Crippen LogP contribution in [0.1, 0.15) is 5.82 Å². The van der Waals surface area contributed by atoms with Crippen LogP contribution in [-0.2, 0) is 27.5 Å². The van der Waals surface area contributed by atoms with Gasteiger partial charge in [0.15, 0.2) is 6.04 Å². The van der Waals surface area contributed by atoms with Crippen LogP contribution in [0.4, 0.5) is 0 Å². The highest BCUT2D eigenvalue weighted by molar-refractivity contribution is 5.85. The normalized spacial score (nSPS) is 16.7. The number of fused-ring (bicyclic) bond motifs is 1. The van der Waals surface area contributed by atoms with Crippen molar-refractivity contribution in [1.29, 1.82) is 0 Å². The number of ether oxygens (including phenoxy) is 2. The predicted octanol–water partition coefficient (Wildman–Crippen LogP) is 1.93. The van der Waals surface area contributed by atoms with E-state index in [-0.39, 0.29) is 32.2 Å². The summed E-state index contributed by atoms with van der Waals surface area (Å²) in [6.07, 6.45) is 0. The van der Waals surface area contributed by atoms with Gasteiger partial charge in [-0.2, -0.15) is 0 Å². The van der Waals surface area contributed by atoms with E-state index in [1.165, 1.54) is 4.90 Å². The number of carboxylic acids is 1. The molecule has 2 aromatic carbocycles. The highest BCUT2D eigenvalue weighted by Gasteiger charge is 2.33. The molecule has 1 aromatic heterocycles. The fourth-order valence-electron chi connectivity index (χ4n) is 3.41. The molecule has 1 saturated heterocycles. The van der Waals surface area contributed by atoms with Crippen molar-refractivity contribution in [3.05, 3.63) is 60.4 Å². The molecule has 0 bridgehead atoms. The topological polar surface area (TPSA) is 93.9 Å². The number of para-hydroxylation sites is 3. The third kappa shape index (κ3) is 4.07. The van der Waals surface area contributed by atoms with Crippen LogP contribution in [0.5, 0.6) is 5.75 Å². The van der Waals surface area contributed by atoms with E-state index >= 15 is 0 Å². The van der Waals surface area contributed by atoms with Gasteiger partial charge in [-0.05, 0) is 24.3 Å². The molecule has 0 spiro atoms. The molecule has 2 heterocycles. The zero-order valence-electron chi connectivity index (χ0n) is 15.7. The van der Waals surface area contributed by atoms with E-state index in [0.717, 1.165) is 11.0 Å². The molecule has 1 aliphatic rings. The Balaban J connectivity index is 1.59. The van der Waals surface area contributed by atoms with E-state index in [4.69, 9.17) is 9.47 Å². The fraction of sp³-hybridized carbons (Fsp3) is 0.286. The molecule has 8 nitrogen and oxygen atoms in total. The van der Waals surface area contributed by atoms with E-state index < -0.39 is 12.0 Å². The quantitative estimate of drug-likeness (QED) is 0.685. The summed E-state index contributed by atoms with van der Waals surface area (Å²) in [5.41, 5.74) is 1.55. The lowest BCUT2D eigenvalue weighted by molar-refractivity contribution is -0.158. The van der Waals surface area contributed by atoms with Crippen LogP contribution in [0.15, 0.2) is 54.6 Å². The Morgan fingerprint density at radius 1 is 1.14 bits per heavy atom. The van der Waals surface area contributed by atoms with Gasteiger partial charge in [0.2, 0.25) is 5.91 Å². The third-order valence-corrected chi connectivity index (χ3v) is 4.87. The maximum atomic E-state index is 13.0. The van der Waals surface area contributed by atoms with Gasteiger partial charge in [-0.1, -0.05) is 30.3 Å². The Kier molecular flexibility index (Phi) is 5.44. The number of rotatable bonds is 6. The van der Waals surface area contributed by atoms with Crippen LogP contribution < -0.4 is 4.74 Å². The lowest BCUT2D eigenvalue weighted by atomic mass is 10.2. The lowest BCUT2D eigenvalue weighted by Crippen LogP contribution is -2.53. The molecule has 29 heavy (non-hydrogen) atoms. The average molecular weight is 395 g/mol. The van der Waals surface area contributed by atoms with Gasteiger partial charge >= 0.3 is 5.97 Å². The smallest absolute Gasteiger partial charge is 0.328 e. The minimum Gasteiger partial charge on any atom is -0.486 e. The molecular weight excluding hydrogens is 374 g/mol. The maximum absolute atomic E-state index is 13.0. The third-order valence-electron chi connectivity index (χ3n) is 4.87. The van der Waals surface area contributed by atoms with Gasteiger partial charge < -0.3 is 24.0 Å². The van der Waals surface area contributed by atoms with E-state index in [2.05, 4.69) is 4.98 Å². The number of aromatic nitrogens is 2. The SMILES string of the molecule is O=C(O)C1COCCN1C(=O)Cn1c(COc2ccccc2)nc2ccccc21. The van der Waals surface area contributed by atoms with Gasteiger partial charge in [-0.15, -0.1) is 0 Å². The number of imidazole rings is 1. The fourth-order valence-corrected chi connectivity index (χ4v) is 3.41. The van der Waals surface area contributed by atoms with Crippen LogP contribution in [0.25, 0.3) is 11.0 Å². The number of benzene rings is 2. The average Bonchev–Trinajstić information content (AvgIpc) is 3.10. The zero-order chi connectivity index (χ0) is 20.2. The second kappa shape index (κ2) is 8.32. The van der Waals surface area contributed by atoms with Crippen LogP contribution >= 0.6 is 0 Å². The summed E-state index contributed by atoms with van der Waals surface area (Å²) >= 11 is 0. The van der Waals surface area contributed by atoms with Crippen molar-refractivity contribution in [2.24, 2.45) is 0 Å². The second-order valence-electron chi connectivity index (χ2n) is 6.72. The molecule has 0 saturated carbocycles.